The number of aromatic nitrogens is 1. The van der Waals surface area contributed by atoms with Crippen molar-refractivity contribution in [2.75, 3.05) is 13.1 Å². The van der Waals surface area contributed by atoms with Crippen molar-refractivity contribution >= 4 is 16.9 Å². The van der Waals surface area contributed by atoms with Crippen molar-refractivity contribution in [3.05, 3.63) is 40.6 Å². The lowest BCUT2D eigenvalue weighted by atomic mass is 9.92. The van der Waals surface area contributed by atoms with Gasteiger partial charge in [0.2, 0.25) is 0 Å². The molecule has 0 spiro atoms. The molecular weight excluding hydrogens is 276 g/mol. The van der Waals surface area contributed by atoms with E-state index in [9.17, 15) is 4.79 Å². The van der Waals surface area contributed by atoms with Gasteiger partial charge in [-0.05, 0) is 36.6 Å². The molecule has 1 aliphatic heterocycles. The predicted molar refractivity (Wildman–Crippen MR) is 87.1 cm³/mol. The number of aliphatic carboxylic acids is 1. The summed E-state index contributed by atoms with van der Waals surface area (Å²) in [6.45, 7) is 7.18. The summed E-state index contributed by atoms with van der Waals surface area (Å²) in [4.78, 5) is 18.3. The highest BCUT2D eigenvalue weighted by Gasteiger charge is 2.22. The SMILES string of the molecule is CCN1CCc2nc3c(C)cccc3c(CCC(=O)O)c2C1. The molecule has 0 fully saturated rings. The monoisotopic (exact) mass is 298 g/mol. The summed E-state index contributed by atoms with van der Waals surface area (Å²) in [6.07, 6.45) is 1.71. The largest absolute Gasteiger partial charge is 0.481 e. The maximum Gasteiger partial charge on any atom is 0.303 e. The Labute approximate surface area is 130 Å². The van der Waals surface area contributed by atoms with Crippen molar-refractivity contribution in [1.82, 2.24) is 9.88 Å². The smallest absolute Gasteiger partial charge is 0.303 e. The van der Waals surface area contributed by atoms with Gasteiger partial charge in [-0.3, -0.25) is 14.7 Å². The Morgan fingerprint density at radius 2 is 2.23 bits per heavy atom. The van der Waals surface area contributed by atoms with Crippen molar-refractivity contribution in [3.8, 4) is 0 Å². The molecule has 0 amide bonds. The van der Waals surface area contributed by atoms with Gasteiger partial charge in [0.1, 0.15) is 0 Å². The van der Waals surface area contributed by atoms with Crippen LogP contribution >= 0.6 is 0 Å². The Bertz CT molecular complexity index is 725. The average Bonchev–Trinajstić information content (AvgIpc) is 2.51. The number of fused-ring (bicyclic) bond motifs is 2. The van der Waals surface area contributed by atoms with E-state index < -0.39 is 5.97 Å². The van der Waals surface area contributed by atoms with Crippen LogP contribution in [0.5, 0.6) is 0 Å². The molecule has 4 nitrogen and oxygen atoms in total. The Morgan fingerprint density at radius 3 is 2.95 bits per heavy atom. The first-order valence-corrected chi connectivity index (χ1v) is 7.94. The van der Waals surface area contributed by atoms with Gasteiger partial charge in [-0.25, -0.2) is 0 Å². The fraction of sp³-hybridized carbons (Fsp3) is 0.444. The van der Waals surface area contributed by atoms with Crippen LogP contribution in [0.4, 0.5) is 0 Å². The second kappa shape index (κ2) is 6.05. The summed E-state index contributed by atoms with van der Waals surface area (Å²) in [6, 6.07) is 6.19. The van der Waals surface area contributed by atoms with E-state index in [0.29, 0.717) is 6.42 Å². The highest BCUT2D eigenvalue weighted by molar-refractivity contribution is 5.87. The number of pyridine rings is 1. The zero-order valence-corrected chi connectivity index (χ0v) is 13.2. The number of para-hydroxylation sites is 1. The second-order valence-corrected chi connectivity index (χ2v) is 6.00. The third-order valence-electron chi connectivity index (χ3n) is 4.60. The van der Waals surface area contributed by atoms with Crippen LogP contribution in [-0.4, -0.2) is 34.0 Å². The summed E-state index contributed by atoms with van der Waals surface area (Å²) >= 11 is 0. The van der Waals surface area contributed by atoms with Crippen LogP contribution in [0.1, 0.15) is 35.7 Å². The Kier molecular flexibility index (Phi) is 4.12. The fourth-order valence-corrected chi connectivity index (χ4v) is 3.34. The van der Waals surface area contributed by atoms with Gasteiger partial charge in [0.15, 0.2) is 0 Å². The van der Waals surface area contributed by atoms with Crippen molar-refractivity contribution in [3.63, 3.8) is 0 Å². The average molecular weight is 298 g/mol. The number of nitrogens with zero attached hydrogens (tertiary/aromatic N) is 2. The third kappa shape index (κ3) is 2.71. The minimum absolute atomic E-state index is 0.172. The second-order valence-electron chi connectivity index (χ2n) is 6.00. The van der Waals surface area contributed by atoms with Gasteiger partial charge in [-0.2, -0.15) is 0 Å². The van der Waals surface area contributed by atoms with Crippen LogP contribution < -0.4 is 0 Å². The molecule has 1 N–H and O–H groups in total. The molecular formula is C18H22N2O2. The van der Waals surface area contributed by atoms with Gasteiger partial charge in [-0.1, -0.05) is 25.1 Å². The summed E-state index contributed by atoms with van der Waals surface area (Å²) in [5.74, 6) is -0.741. The molecule has 22 heavy (non-hydrogen) atoms. The van der Waals surface area contributed by atoms with Crippen molar-refractivity contribution in [2.45, 2.75) is 39.7 Å². The maximum atomic E-state index is 11.0. The molecule has 3 rings (SSSR count). The van der Waals surface area contributed by atoms with E-state index in [1.54, 1.807) is 0 Å². The van der Waals surface area contributed by atoms with E-state index in [0.717, 1.165) is 48.2 Å². The standard InChI is InChI=1S/C18H22N2O2/c1-3-20-10-9-16-15(11-20)13(7-8-17(21)22)14-6-4-5-12(2)18(14)19-16/h4-6H,3,7-11H2,1-2H3,(H,21,22). The number of likely N-dealkylation sites (N-methyl/N-ethyl adjacent to an activating group) is 1. The normalized spacial score (nSPS) is 15.0. The van der Waals surface area contributed by atoms with Gasteiger partial charge in [-0.15, -0.1) is 0 Å². The number of rotatable bonds is 4. The first-order chi connectivity index (χ1) is 10.6. The summed E-state index contributed by atoms with van der Waals surface area (Å²) in [7, 11) is 0. The van der Waals surface area contributed by atoms with E-state index in [2.05, 4.69) is 30.9 Å². The molecule has 0 saturated carbocycles. The number of carbonyl (C=O) groups is 1. The van der Waals surface area contributed by atoms with Crippen molar-refractivity contribution in [2.24, 2.45) is 0 Å². The van der Waals surface area contributed by atoms with Crippen molar-refractivity contribution in [1.29, 1.82) is 0 Å². The van der Waals surface area contributed by atoms with Gasteiger partial charge in [0, 0.05) is 37.0 Å². The number of carboxylic acids is 1. The highest BCUT2D eigenvalue weighted by atomic mass is 16.4. The van der Waals surface area contributed by atoms with E-state index in [4.69, 9.17) is 10.1 Å². The zero-order chi connectivity index (χ0) is 15.7. The molecule has 0 bridgehead atoms. The van der Waals surface area contributed by atoms with E-state index in [-0.39, 0.29) is 6.42 Å². The molecule has 0 atom stereocenters. The van der Waals surface area contributed by atoms with Gasteiger partial charge >= 0.3 is 5.97 Å². The number of aryl methyl sites for hydroxylation is 2. The minimum Gasteiger partial charge on any atom is -0.481 e. The fourth-order valence-electron chi connectivity index (χ4n) is 3.34. The van der Waals surface area contributed by atoms with Gasteiger partial charge < -0.3 is 5.11 Å². The number of hydrogen-bond donors (Lipinski definition) is 1. The first-order valence-electron chi connectivity index (χ1n) is 7.94. The Morgan fingerprint density at radius 1 is 1.41 bits per heavy atom. The number of carboxylic acid groups (broad SMARTS) is 1. The maximum absolute atomic E-state index is 11.0. The lowest BCUT2D eigenvalue weighted by Gasteiger charge is -2.29. The molecule has 1 aliphatic rings. The third-order valence-corrected chi connectivity index (χ3v) is 4.60. The van der Waals surface area contributed by atoms with E-state index >= 15 is 0 Å². The first kappa shape index (κ1) is 15.0. The molecule has 0 aliphatic carbocycles. The van der Waals surface area contributed by atoms with Gasteiger partial charge in [0.25, 0.3) is 0 Å². The minimum atomic E-state index is -0.741. The van der Waals surface area contributed by atoms with Crippen LogP contribution in [-0.2, 0) is 24.2 Å². The summed E-state index contributed by atoms with van der Waals surface area (Å²) in [5, 5.41) is 10.2. The van der Waals surface area contributed by atoms with Crippen LogP contribution in [0, 0.1) is 6.92 Å². The predicted octanol–water partition coefficient (Wildman–Crippen LogP) is 2.94. The molecule has 0 radical (unpaired) electrons. The summed E-state index contributed by atoms with van der Waals surface area (Å²) < 4.78 is 0. The summed E-state index contributed by atoms with van der Waals surface area (Å²) in [5.41, 5.74) is 5.80. The molecule has 0 saturated heterocycles. The molecule has 4 heteroatoms. The molecule has 1 aromatic heterocycles. The van der Waals surface area contributed by atoms with Crippen LogP contribution in [0.2, 0.25) is 0 Å². The van der Waals surface area contributed by atoms with E-state index in [1.165, 1.54) is 11.1 Å². The Hall–Kier alpha value is -1.94. The zero-order valence-electron chi connectivity index (χ0n) is 13.2. The quantitative estimate of drug-likeness (QED) is 0.943. The Balaban J connectivity index is 2.17. The lowest BCUT2D eigenvalue weighted by Crippen LogP contribution is -2.31. The molecule has 1 aromatic carbocycles. The molecule has 0 unspecified atom stereocenters. The number of hydrogen-bond acceptors (Lipinski definition) is 3. The lowest BCUT2D eigenvalue weighted by molar-refractivity contribution is -0.136. The molecule has 2 heterocycles. The van der Waals surface area contributed by atoms with Crippen molar-refractivity contribution < 1.29 is 9.90 Å². The highest BCUT2D eigenvalue weighted by Crippen LogP contribution is 2.30. The van der Waals surface area contributed by atoms with E-state index in [1.807, 2.05) is 6.07 Å². The number of benzene rings is 1. The molecule has 2 aromatic rings. The van der Waals surface area contributed by atoms with Gasteiger partial charge in [0.05, 0.1) is 5.52 Å². The van der Waals surface area contributed by atoms with Crippen LogP contribution in [0.3, 0.4) is 0 Å². The molecule has 116 valence electrons. The van der Waals surface area contributed by atoms with Crippen LogP contribution in [0.25, 0.3) is 10.9 Å². The van der Waals surface area contributed by atoms with Crippen LogP contribution in [0.15, 0.2) is 18.2 Å². The topological polar surface area (TPSA) is 53.4 Å².